The van der Waals surface area contributed by atoms with E-state index >= 15 is 0 Å². The van der Waals surface area contributed by atoms with Crippen molar-refractivity contribution in [2.75, 3.05) is 0 Å². The fourth-order valence-electron chi connectivity index (χ4n) is 0. The molecule has 0 aliphatic heterocycles. The Bertz CT molecular complexity index is 385. The Hall–Kier alpha value is 2.23. The average molecular weight is 647 g/mol. The number of halogens is 1. The van der Waals surface area contributed by atoms with Gasteiger partial charge in [-0.05, 0) is 0 Å². The minimum Gasteiger partial charge on any atom is -0.822 e. The second-order valence-electron chi connectivity index (χ2n) is 2.24. The standard InChI is InChI=1S/F.5H3O4P.3V/c;5*1-5(2,3)4;;;/h;5*(H3,1,2,3,4);;;/q;;;;;;3*+5/p-15. The quantitative estimate of drug-likeness (QED) is 0.220. The van der Waals surface area contributed by atoms with E-state index < -0.39 is 39.1 Å². The summed E-state index contributed by atoms with van der Waals surface area (Å²) >= 11 is 0. The first kappa shape index (κ1) is 57.8. The number of phosphoric acid groups is 5. The van der Waals surface area contributed by atoms with Crippen LogP contribution in [0.2, 0.25) is 0 Å². The van der Waals surface area contributed by atoms with Crippen LogP contribution >= 0.6 is 39.1 Å². The number of hydrogen-bond acceptors (Lipinski definition) is 20. The molecular weight excluding hydrogens is 647 g/mol. The Balaban J connectivity index is -0.0000000238. The van der Waals surface area contributed by atoms with Gasteiger partial charge in [0.25, 0.3) is 0 Å². The molecule has 167 valence electrons. The smallest absolute Gasteiger partial charge is 0.822 e. The fourth-order valence-corrected chi connectivity index (χ4v) is 0. The predicted octanol–water partition coefficient (Wildman–Crippen LogP) is -13.7. The maximum atomic E-state index is 8.55. The normalized spacial score (nSPS) is 10.2. The Morgan fingerprint density at radius 3 is 0.276 bits per heavy atom. The molecule has 0 unspecified atom stereocenters. The van der Waals surface area contributed by atoms with E-state index in [4.69, 9.17) is 96.2 Å². The van der Waals surface area contributed by atoms with Crippen molar-refractivity contribution in [2.45, 2.75) is 0 Å². The third-order valence-electron chi connectivity index (χ3n) is 0. The molecule has 0 amide bonds. The van der Waals surface area contributed by atoms with Gasteiger partial charge in [-0.1, -0.05) is 0 Å². The Morgan fingerprint density at radius 1 is 0.276 bits per heavy atom. The van der Waals surface area contributed by atoms with Crippen molar-refractivity contribution < 1.29 is 157 Å². The van der Waals surface area contributed by atoms with Crippen LogP contribution in [-0.4, -0.2) is 0 Å². The Morgan fingerprint density at radius 2 is 0.276 bits per heavy atom. The van der Waals surface area contributed by atoms with Gasteiger partial charge in [0.15, 0.2) is 0 Å². The van der Waals surface area contributed by atoms with Crippen LogP contribution in [0.3, 0.4) is 0 Å². The molecule has 29 heavy (non-hydrogen) atoms. The zero-order valence-corrected chi connectivity index (χ0v) is 20.8. The molecular formula is FO20P5V3. The molecule has 20 nitrogen and oxygen atoms in total. The van der Waals surface area contributed by atoms with E-state index in [9.17, 15) is 0 Å². The monoisotopic (exact) mass is 647 g/mol. The summed E-state index contributed by atoms with van der Waals surface area (Å²) in [5, 5.41) is 0. The topological polar surface area (TPSA) is 431 Å². The second kappa shape index (κ2) is 24.9. The van der Waals surface area contributed by atoms with E-state index in [-0.39, 0.29) is 60.4 Å². The molecule has 0 bridgehead atoms. The summed E-state index contributed by atoms with van der Waals surface area (Å²) in [5.74, 6) is 0. The van der Waals surface area contributed by atoms with Crippen molar-refractivity contribution in [2.24, 2.45) is 0 Å². The molecule has 0 aliphatic rings. The van der Waals surface area contributed by atoms with Gasteiger partial charge in [0.2, 0.25) is 0 Å². The van der Waals surface area contributed by atoms with Gasteiger partial charge in [0, 0.05) is 4.70 Å². The molecule has 0 aromatic carbocycles. The average Bonchev–Trinajstić information content (AvgIpc) is 1.79. The molecule has 0 N–H and O–H groups in total. The maximum absolute atomic E-state index is 8.55. The largest absolute Gasteiger partial charge is 5.00 e. The summed E-state index contributed by atoms with van der Waals surface area (Å²) in [4.78, 5) is 128. The van der Waals surface area contributed by atoms with E-state index in [1.807, 2.05) is 0 Å². The molecule has 0 heterocycles. The molecule has 0 atom stereocenters. The maximum Gasteiger partial charge on any atom is 5.00 e. The van der Waals surface area contributed by atoms with Gasteiger partial charge in [-0.15, -0.1) is 0 Å². The second-order valence-corrected chi connectivity index (χ2v) is 6.71. The first-order valence-corrected chi connectivity index (χ1v) is 11.0. The van der Waals surface area contributed by atoms with E-state index in [2.05, 4.69) is 0 Å². The summed E-state index contributed by atoms with van der Waals surface area (Å²) in [5.41, 5.74) is 0. The molecule has 0 aromatic rings. The van der Waals surface area contributed by atoms with Gasteiger partial charge in [-0.2, -0.15) is 39.1 Å². The summed E-state index contributed by atoms with van der Waals surface area (Å²) in [6.45, 7) is 0. The van der Waals surface area contributed by atoms with Gasteiger partial charge in [0.05, 0.1) is 0 Å². The Labute approximate surface area is 195 Å². The van der Waals surface area contributed by atoms with Crippen LogP contribution in [0.5, 0.6) is 0 Å². The molecule has 0 rings (SSSR count). The first-order valence-electron chi connectivity index (χ1n) is 3.65. The zero-order chi connectivity index (χ0) is 22.5. The molecule has 0 saturated carbocycles. The van der Waals surface area contributed by atoms with Gasteiger partial charge in [-0.3, -0.25) is 0 Å². The van der Waals surface area contributed by atoms with E-state index in [1.165, 1.54) is 0 Å². The fraction of sp³-hybridized carbons (Fsp3) is 0. The predicted molar refractivity (Wildman–Crippen MR) is 39.1 cm³/mol. The van der Waals surface area contributed by atoms with Crippen LogP contribution < -0.4 is 73.4 Å². The van der Waals surface area contributed by atoms with Crippen molar-refractivity contribution in [3.63, 3.8) is 0 Å². The van der Waals surface area contributed by atoms with Gasteiger partial charge >= 0.3 is 55.7 Å². The minimum absolute atomic E-state index is 0. The molecule has 0 spiro atoms. The van der Waals surface area contributed by atoms with Crippen LogP contribution in [0.15, 0.2) is 0 Å². The van der Waals surface area contributed by atoms with Crippen molar-refractivity contribution >= 4 is 39.1 Å². The molecule has 1 radical (unpaired) electrons. The van der Waals surface area contributed by atoms with Crippen molar-refractivity contribution in [3.8, 4) is 0 Å². The van der Waals surface area contributed by atoms with Crippen LogP contribution in [-0.2, 0) is 78.5 Å². The van der Waals surface area contributed by atoms with Gasteiger partial charge in [-0.25, -0.2) is 0 Å². The summed E-state index contributed by atoms with van der Waals surface area (Å²) in [6.07, 6.45) is 0. The minimum atomic E-state index is -5.39. The van der Waals surface area contributed by atoms with Crippen molar-refractivity contribution in [3.05, 3.63) is 0 Å². The summed E-state index contributed by atoms with van der Waals surface area (Å²) in [7, 11) is -26.9. The van der Waals surface area contributed by atoms with Crippen LogP contribution in [0.4, 0.5) is 4.70 Å². The number of rotatable bonds is 0. The van der Waals surface area contributed by atoms with E-state index in [0.29, 0.717) is 0 Å². The van der Waals surface area contributed by atoms with Gasteiger partial charge < -0.3 is 96.2 Å². The molecule has 0 aliphatic carbocycles. The zero-order valence-electron chi connectivity index (χ0n) is 12.1. The first-order chi connectivity index (χ1) is 10.0. The van der Waals surface area contributed by atoms with E-state index in [0.717, 1.165) is 0 Å². The third kappa shape index (κ3) is 4830. The molecule has 0 fully saturated rings. The van der Waals surface area contributed by atoms with Crippen LogP contribution in [0.1, 0.15) is 0 Å². The molecule has 0 saturated heterocycles. The Kier molecular flexibility index (Phi) is 49.5. The molecule has 0 aromatic heterocycles. The molecule has 29 heteroatoms. The van der Waals surface area contributed by atoms with Crippen LogP contribution in [0.25, 0.3) is 0 Å². The number of hydrogen-bond donors (Lipinski definition) is 0. The summed E-state index contributed by atoms with van der Waals surface area (Å²) < 4.78 is 42.7. The third-order valence-corrected chi connectivity index (χ3v) is 0. The SMILES string of the molecule is O=P([O-])([O-])[O-].O=P([O-])([O-])[O-].O=P([O-])([O-])[O-].O=P([O-])([O-])[O-].O=P([O-])([O-])[O-].[F].[V+5].[V+5].[V+5]. The van der Waals surface area contributed by atoms with E-state index in [1.54, 1.807) is 0 Å². The van der Waals surface area contributed by atoms with Gasteiger partial charge in [0.1, 0.15) is 0 Å². The van der Waals surface area contributed by atoms with Crippen molar-refractivity contribution in [1.29, 1.82) is 0 Å². The van der Waals surface area contributed by atoms with Crippen molar-refractivity contribution in [1.82, 2.24) is 0 Å². The summed E-state index contributed by atoms with van der Waals surface area (Å²) in [6, 6.07) is 0. The van der Waals surface area contributed by atoms with Crippen LogP contribution in [0, 0.1) is 0 Å².